The number of fused-ring (bicyclic) bond motifs is 6. The average Bonchev–Trinajstić information content (AvgIpc) is 3.62. The zero-order valence-electron chi connectivity index (χ0n) is 30.3. The van der Waals surface area contributed by atoms with Crippen LogP contribution < -0.4 is 0 Å². The Labute approximate surface area is 205 Å². The maximum absolute atomic E-state index is 9.35. The van der Waals surface area contributed by atoms with Gasteiger partial charge in [0.25, 0.3) is 0 Å². The summed E-state index contributed by atoms with van der Waals surface area (Å²) in [5.41, 5.74) is -0.439. The van der Waals surface area contributed by atoms with Crippen LogP contribution in [0.25, 0.3) is 60.4 Å². The van der Waals surface area contributed by atoms with Crippen molar-refractivity contribution < 1.29 is 19.2 Å². The summed E-state index contributed by atoms with van der Waals surface area (Å²) in [5.74, 6) is 0. The molecule has 2 aromatic heterocycles. The van der Waals surface area contributed by atoms with E-state index in [2.05, 4.69) is 4.98 Å². The molecule has 0 atom stereocenters. The van der Waals surface area contributed by atoms with Crippen molar-refractivity contribution in [2.24, 2.45) is 0 Å². The van der Waals surface area contributed by atoms with Crippen molar-refractivity contribution in [3.8, 4) is 16.8 Å². The van der Waals surface area contributed by atoms with Crippen molar-refractivity contribution in [1.29, 1.82) is 0 Å². The van der Waals surface area contributed by atoms with Crippen LogP contribution in [0, 0.1) is 0 Å². The summed E-state index contributed by atoms with van der Waals surface area (Å²) in [6.45, 7) is 0. The lowest BCUT2D eigenvalue weighted by molar-refractivity contribution is 1.18. The van der Waals surface area contributed by atoms with Crippen molar-refractivity contribution in [2.45, 2.75) is 0 Å². The van der Waals surface area contributed by atoms with Crippen molar-refractivity contribution in [1.82, 2.24) is 9.55 Å². The van der Waals surface area contributed by atoms with E-state index >= 15 is 0 Å². The van der Waals surface area contributed by atoms with Crippen LogP contribution in [0.15, 0.2) is 115 Å². The molecule has 2 nitrogen and oxygen atoms in total. The second-order valence-corrected chi connectivity index (χ2v) is 7.24. The molecule has 0 radical (unpaired) electrons. The predicted molar refractivity (Wildman–Crippen MR) is 136 cm³/mol. The van der Waals surface area contributed by atoms with E-state index < -0.39 is 84.6 Å². The van der Waals surface area contributed by atoms with Gasteiger partial charge in [-0.15, -0.1) is 0 Å². The van der Waals surface area contributed by atoms with Gasteiger partial charge in [-0.3, -0.25) is 0 Å². The maximum atomic E-state index is 9.35. The molecule has 32 heavy (non-hydrogen) atoms. The fraction of sp³-hybridized carbons (Fsp3) is 0. The summed E-state index contributed by atoms with van der Waals surface area (Å²) in [4.78, 5) is 2.79. The van der Waals surface area contributed by atoms with Crippen molar-refractivity contribution in [3.05, 3.63) is 115 Å². The summed E-state index contributed by atoms with van der Waals surface area (Å²) in [6, 6.07) is 1.11. The Bertz CT molecular complexity index is 2520. The highest BCUT2D eigenvalue weighted by atomic mass is 15.0. The Balaban J connectivity index is 1.82. The van der Waals surface area contributed by atoms with Crippen LogP contribution in [0.2, 0.25) is 0 Å². The summed E-state index contributed by atoms with van der Waals surface area (Å²) < 4.78 is 123. The van der Waals surface area contributed by atoms with E-state index in [9.17, 15) is 1.37 Å². The number of hydrogen-bond donors (Lipinski definition) is 1. The molecule has 2 heteroatoms. The van der Waals surface area contributed by atoms with E-state index in [-0.39, 0.29) is 54.7 Å². The first-order valence-corrected chi connectivity index (χ1v) is 9.83. The summed E-state index contributed by atoms with van der Waals surface area (Å²) in [7, 11) is 0. The van der Waals surface area contributed by atoms with Gasteiger partial charge in [0.2, 0.25) is 0 Å². The average molecular weight is 423 g/mol. The lowest BCUT2D eigenvalue weighted by Gasteiger charge is -2.12. The summed E-state index contributed by atoms with van der Waals surface area (Å²) >= 11 is 0. The minimum Gasteiger partial charge on any atom is -0.355 e. The van der Waals surface area contributed by atoms with Gasteiger partial charge in [-0.1, -0.05) is 78.6 Å². The first-order valence-electron chi connectivity index (χ1n) is 16.8. The smallest absolute Gasteiger partial charge is 0.0645 e. The van der Waals surface area contributed by atoms with E-state index in [4.69, 9.17) is 17.8 Å². The van der Waals surface area contributed by atoms with E-state index in [0.29, 0.717) is 5.69 Å². The number of benzene rings is 5. The third-order valence-corrected chi connectivity index (χ3v) is 5.48. The molecular formula is C30H20N2. The number of aromatic nitrogens is 2. The van der Waals surface area contributed by atoms with Crippen molar-refractivity contribution in [3.63, 3.8) is 0 Å². The van der Waals surface area contributed by atoms with Gasteiger partial charge in [0, 0.05) is 43.8 Å². The predicted octanol–water partition coefficient (Wildman–Crippen LogP) is 8.09. The zero-order valence-corrected chi connectivity index (χ0v) is 16.3. The fourth-order valence-electron chi connectivity index (χ4n) is 4.12. The molecule has 2 heterocycles. The van der Waals surface area contributed by atoms with Crippen LogP contribution in [0.5, 0.6) is 0 Å². The Morgan fingerprint density at radius 3 is 2.28 bits per heavy atom. The van der Waals surface area contributed by atoms with Crippen molar-refractivity contribution >= 4 is 43.6 Å². The molecule has 0 spiro atoms. The van der Waals surface area contributed by atoms with E-state index in [1.165, 1.54) is 4.57 Å². The molecule has 0 aliphatic carbocycles. The molecule has 7 aromatic rings. The second-order valence-electron chi connectivity index (χ2n) is 7.24. The molecule has 0 aliphatic heterocycles. The van der Waals surface area contributed by atoms with Crippen LogP contribution in [-0.4, -0.2) is 9.55 Å². The molecule has 0 aliphatic rings. The molecule has 0 bridgehead atoms. The van der Waals surface area contributed by atoms with E-state index in [1.807, 2.05) is 0 Å². The van der Waals surface area contributed by atoms with E-state index in [0.717, 1.165) is 0 Å². The van der Waals surface area contributed by atoms with Gasteiger partial charge in [-0.2, -0.15) is 0 Å². The highest BCUT2D eigenvalue weighted by molar-refractivity contribution is 6.15. The number of nitrogens with zero attached hydrogens (tertiary/aromatic N) is 1. The van der Waals surface area contributed by atoms with Gasteiger partial charge in [-0.05, 0) is 41.9 Å². The molecule has 0 fully saturated rings. The lowest BCUT2D eigenvalue weighted by atomic mass is 10.00. The zero-order chi connectivity index (χ0) is 33.3. The quantitative estimate of drug-likeness (QED) is 0.291. The highest BCUT2D eigenvalue weighted by Gasteiger charge is 2.16. The van der Waals surface area contributed by atoms with Gasteiger partial charge in [0.1, 0.15) is 0 Å². The Morgan fingerprint density at radius 1 is 0.625 bits per heavy atom. The number of para-hydroxylation sites is 4. The van der Waals surface area contributed by atoms with Gasteiger partial charge in [0.15, 0.2) is 0 Å². The third-order valence-electron chi connectivity index (χ3n) is 5.48. The van der Waals surface area contributed by atoms with Crippen LogP contribution >= 0.6 is 0 Å². The molecule has 150 valence electrons. The molecular weight excluding hydrogens is 388 g/mol. The molecule has 1 N–H and O–H groups in total. The highest BCUT2D eigenvalue weighted by Crippen LogP contribution is 2.39. The van der Waals surface area contributed by atoms with Gasteiger partial charge >= 0.3 is 0 Å². The van der Waals surface area contributed by atoms with Crippen LogP contribution in [0.3, 0.4) is 0 Å². The Morgan fingerprint density at radius 2 is 1.38 bits per heavy atom. The number of aromatic amines is 1. The summed E-state index contributed by atoms with van der Waals surface area (Å²) in [5, 5.41) is -0.377. The van der Waals surface area contributed by atoms with Gasteiger partial charge < -0.3 is 9.55 Å². The van der Waals surface area contributed by atoms with Crippen molar-refractivity contribution in [2.75, 3.05) is 0 Å². The van der Waals surface area contributed by atoms with Crippen LogP contribution in [-0.2, 0) is 0 Å². The molecule has 0 amide bonds. The summed E-state index contributed by atoms with van der Waals surface area (Å²) in [6.07, 6.45) is 0. The minimum atomic E-state index is -0.631. The molecule has 0 saturated carbocycles. The first-order chi connectivity index (χ1) is 21.7. The maximum Gasteiger partial charge on any atom is 0.0645 e. The molecule has 0 unspecified atom stereocenters. The van der Waals surface area contributed by atoms with Gasteiger partial charge in [0.05, 0.1) is 30.2 Å². The number of H-pyrrole nitrogens is 1. The first kappa shape index (κ1) is 8.68. The monoisotopic (exact) mass is 422 g/mol. The Kier molecular flexibility index (Phi) is 1.79. The third kappa shape index (κ3) is 2.41. The molecule has 5 aromatic carbocycles. The lowest BCUT2D eigenvalue weighted by Crippen LogP contribution is -1.95. The number of nitrogens with one attached hydrogen (secondary N) is 1. The van der Waals surface area contributed by atoms with Crippen LogP contribution in [0.1, 0.15) is 19.2 Å². The second kappa shape index (κ2) is 6.60. The fourth-order valence-corrected chi connectivity index (χ4v) is 4.12. The number of hydrogen-bond acceptors (Lipinski definition) is 0. The largest absolute Gasteiger partial charge is 0.355 e. The van der Waals surface area contributed by atoms with Crippen LogP contribution in [0.4, 0.5) is 0 Å². The minimum absolute atomic E-state index is 0.0401. The SMILES string of the molecule is [2H]c1c([2H])c([2H])c2c([nH]c3c([2H])c([2H])c(-c4c([2H])c([2H])c([2H])c5c6c([2H])c([2H])c([2H])c([2H])c6n(-c6ccccc6)c45)c([2H])c32)c1[2H]. The van der Waals surface area contributed by atoms with Gasteiger partial charge in [-0.25, -0.2) is 0 Å². The number of rotatable bonds is 2. The molecule has 0 saturated heterocycles. The Hall–Kier alpha value is -4.30. The van der Waals surface area contributed by atoms with E-state index in [1.54, 1.807) is 30.3 Å². The topological polar surface area (TPSA) is 20.7 Å². The molecule has 7 rings (SSSR count). The normalized spacial score (nSPS) is 17.9. The standard InChI is InChI=1S/C30H20N2/c1-2-9-21(10-3-1)32-29-16-7-5-12-24(29)25-14-8-13-22(30(25)32)20-17-18-28-26(19-20)23-11-4-6-15-27(23)31-28/h1-19,31H/i4D,5D,6D,7D,8D,11D,12D,13D,14D,15D,16D,17D,18D,19D.